The van der Waals surface area contributed by atoms with Crippen LogP contribution in [-0.2, 0) is 4.79 Å². The zero-order valence-electron chi connectivity index (χ0n) is 18.1. The van der Waals surface area contributed by atoms with Crippen molar-refractivity contribution < 1.29 is 9.18 Å². The lowest BCUT2D eigenvalue weighted by molar-refractivity contribution is -0.128. The standard InChI is InChI=1S/C21H34FN5O.HI/c1-15-13-16(22)8-9-18(15)27-12-6-7-17(14-27)26-20(23-5)25-11-10-24-19(28)21(2,3)4;/h8-9,13,17H,6-7,10-12,14H2,1-5H3,(H,24,28)(H2,23,25,26);1H. The van der Waals surface area contributed by atoms with Crippen molar-refractivity contribution in [1.82, 2.24) is 16.0 Å². The number of carbonyl (C=O) groups is 1. The summed E-state index contributed by atoms with van der Waals surface area (Å²) in [4.78, 5) is 18.5. The molecule has 0 bridgehead atoms. The number of nitrogens with zero attached hydrogens (tertiary/aromatic N) is 2. The number of rotatable bonds is 5. The van der Waals surface area contributed by atoms with Crippen LogP contribution in [0.4, 0.5) is 10.1 Å². The number of guanidine groups is 1. The van der Waals surface area contributed by atoms with Gasteiger partial charge in [0.05, 0.1) is 0 Å². The largest absolute Gasteiger partial charge is 0.369 e. The zero-order chi connectivity index (χ0) is 20.7. The Balaban J connectivity index is 0.00000420. The summed E-state index contributed by atoms with van der Waals surface area (Å²) in [6.07, 6.45) is 2.12. The first-order valence-electron chi connectivity index (χ1n) is 9.97. The van der Waals surface area contributed by atoms with Gasteiger partial charge in [-0.2, -0.15) is 0 Å². The topological polar surface area (TPSA) is 68.8 Å². The molecule has 0 radical (unpaired) electrons. The molecule has 0 saturated carbocycles. The number of piperidine rings is 1. The van der Waals surface area contributed by atoms with Crippen LogP contribution in [0.1, 0.15) is 39.2 Å². The maximum atomic E-state index is 13.4. The number of benzene rings is 1. The number of aryl methyl sites for hydroxylation is 1. The smallest absolute Gasteiger partial charge is 0.225 e. The highest BCUT2D eigenvalue weighted by Crippen LogP contribution is 2.24. The van der Waals surface area contributed by atoms with E-state index < -0.39 is 0 Å². The molecule has 1 fully saturated rings. The summed E-state index contributed by atoms with van der Waals surface area (Å²) >= 11 is 0. The minimum atomic E-state index is -0.385. The van der Waals surface area contributed by atoms with Crippen LogP contribution in [-0.4, -0.2) is 51.1 Å². The summed E-state index contributed by atoms with van der Waals surface area (Å²) in [6.45, 7) is 10.6. The second-order valence-corrected chi connectivity index (χ2v) is 8.37. The van der Waals surface area contributed by atoms with Gasteiger partial charge in [-0.1, -0.05) is 20.8 Å². The van der Waals surface area contributed by atoms with Crippen LogP contribution in [0.2, 0.25) is 0 Å². The van der Waals surface area contributed by atoms with Crippen molar-refractivity contribution in [3.8, 4) is 0 Å². The predicted octanol–water partition coefficient (Wildman–Crippen LogP) is 3.05. The van der Waals surface area contributed by atoms with Gasteiger partial charge in [0, 0.05) is 50.4 Å². The van der Waals surface area contributed by atoms with E-state index in [0.29, 0.717) is 13.1 Å². The summed E-state index contributed by atoms with van der Waals surface area (Å²) in [5.74, 6) is 0.568. The van der Waals surface area contributed by atoms with Gasteiger partial charge in [0.25, 0.3) is 0 Å². The Morgan fingerprint density at radius 1 is 1.28 bits per heavy atom. The van der Waals surface area contributed by atoms with E-state index in [9.17, 15) is 9.18 Å². The average molecular weight is 519 g/mol. The maximum absolute atomic E-state index is 13.4. The summed E-state index contributed by atoms with van der Waals surface area (Å²) < 4.78 is 13.4. The van der Waals surface area contributed by atoms with E-state index in [1.807, 2.05) is 33.8 Å². The van der Waals surface area contributed by atoms with Gasteiger partial charge in [0.1, 0.15) is 5.82 Å². The van der Waals surface area contributed by atoms with Crippen LogP contribution in [0, 0.1) is 18.2 Å². The van der Waals surface area contributed by atoms with Crippen molar-refractivity contribution >= 4 is 41.5 Å². The molecule has 1 atom stereocenters. The van der Waals surface area contributed by atoms with E-state index in [1.165, 1.54) is 6.07 Å². The molecule has 0 aromatic heterocycles. The molecule has 3 N–H and O–H groups in total. The van der Waals surface area contributed by atoms with Gasteiger partial charge in [-0.15, -0.1) is 24.0 Å². The lowest BCUT2D eigenvalue weighted by Gasteiger charge is -2.36. The number of carbonyl (C=O) groups excluding carboxylic acids is 1. The quantitative estimate of drug-likeness (QED) is 0.242. The Kier molecular flexibility index (Phi) is 10.2. The highest BCUT2D eigenvalue weighted by atomic mass is 127. The Bertz CT molecular complexity index is 705. The van der Waals surface area contributed by atoms with E-state index in [1.54, 1.807) is 13.1 Å². The van der Waals surface area contributed by atoms with Gasteiger partial charge in [0.15, 0.2) is 5.96 Å². The van der Waals surface area contributed by atoms with E-state index in [4.69, 9.17) is 0 Å². The molecule has 1 saturated heterocycles. The van der Waals surface area contributed by atoms with Gasteiger partial charge < -0.3 is 20.9 Å². The monoisotopic (exact) mass is 519 g/mol. The first-order valence-corrected chi connectivity index (χ1v) is 9.97. The molecule has 1 amide bonds. The molecule has 1 aromatic carbocycles. The highest BCUT2D eigenvalue weighted by molar-refractivity contribution is 14.0. The van der Waals surface area contributed by atoms with Crippen LogP contribution in [0.25, 0.3) is 0 Å². The first-order chi connectivity index (χ1) is 13.2. The number of aliphatic imine (C=N–C) groups is 1. The van der Waals surface area contributed by atoms with Crippen LogP contribution < -0.4 is 20.9 Å². The highest BCUT2D eigenvalue weighted by Gasteiger charge is 2.22. The van der Waals surface area contributed by atoms with E-state index >= 15 is 0 Å². The Hall–Kier alpha value is -1.58. The fourth-order valence-corrected chi connectivity index (χ4v) is 3.30. The lowest BCUT2D eigenvalue weighted by atomic mass is 9.96. The molecule has 0 spiro atoms. The second kappa shape index (κ2) is 11.6. The molecule has 2 rings (SSSR count). The first kappa shape index (κ1) is 25.5. The fourth-order valence-electron chi connectivity index (χ4n) is 3.30. The zero-order valence-corrected chi connectivity index (χ0v) is 20.5. The number of amides is 1. The third-order valence-electron chi connectivity index (χ3n) is 4.87. The molecule has 1 unspecified atom stereocenters. The van der Waals surface area contributed by atoms with E-state index in [2.05, 4.69) is 25.8 Å². The average Bonchev–Trinajstić information content (AvgIpc) is 2.63. The Morgan fingerprint density at radius 3 is 2.59 bits per heavy atom. The third kappa shape index (κ3) is 7.98. The van der Waals surface area contributed by atoms with Crippen LogP contribution in [0.15, 0.2) is 23.2 Å². The molecule has 1 aliphatic heterocycles. The van der Waals surface area contributed by atoms with Gasteiger partial charge in [-0.05, 0) is 43.5 Å². The van der Waals surface area contributed by atoms with Crippen molar-refractivity contribution in [2.45, 2.75) is 46.6 Å². The van der Waals surface area contributed by atoms with Crippen LogP contribution in [0.3, 0.4) is 0 Å². The number of nitrogens with one attached hydrogen (secondary N) is 3. The summed E-state index contributed by atoms with van der Waals surface area (Å²) in [7, 11) is 1.74. The second-order valence-electron chi connectivity index (χ2n) is 8.37. The Labute approximate surface area is 191 Å². The van der Waals surface area contributed by atoms with Crippen LogP contribution in [0.5, 0.6) is 0 Å². The number of hydrogen-bond acceptors (Lipinski definition) is 3. The van der Waals surface area contributed by atoms with E-state index in [0.717, 1.165) is 43.1 Å². The minimum Gasteiger partial charge on any atom is -0.369 e. The van der Waals surface area contributed by atoms with Gasteiger partial charge in [-0.25, -0.2) is 4.39 Å². The van der Waals surface area contributed by atoms with Gasteiger partial charge in [0.2, 0.25) is 5.91 Å². The minimum absolute atomic E-state index is 0. The molecule has 6 nitrogen and oxygen atoms in total. The molecule has 0 aliphatic carbocycles. The third-order valence-corrected chi connectivity index (χ3v) is 4.87. The SMILES string of the molecule is CN=C(NCCNC(=O)C(C)(C)C)NC1CCCN(c2ccc(F)cc2C)C1.I. The molecule has 1 aliphatic rings. The van der Waals surface area contributed by atoms with Crippen molar-refractivity contribution in [1.29, 1.82) is 0 Å². The molecule has 164 valence electrons. The number of halogens is 2. The lowest BCUT2D eigenvalue weighted by Crippen LogP contribution is -2.52. The molecule has 1 heterocycles. The molecule has 8 heteroatoms. The number of hydrogen-bond donors (Lipinski definition) is 3. The molecular weight excluding hydrogens is 484 g/mol. The summed E-state index contributed by atoms with van der Waals surface area (Å²) in [6, 6.07) is 5.22. The summed E-state index contributed by atoms with van der Waals surface area (Å²) in [5, 5.41) is 9.64. The van der Waals surface area contributed by atoms with Crippen LogP contribution >= 0.6 is 24.0 Å². The van der Waals surface area contributed by atoms with E-state index in [-0.39, 0.29) is 47.2 Å². The molecule has 29 heavy (non-hydrogen) atoms. The van der Waals surface area contributed by atoms with Crippen molar-refractivity contribution in [3.63, 3.8) is 0 Å². The predicted molar refractivity (Wildman–Crippen MR) is 129 cm³/mol. The maximum Gasteiger partial charge on any atom is 0.225 e. The normalized spacial score (nSPS) is 17.4. The molecular formula is C21H35FIN5O. The summed E-state index contributed by atoms with van der Waals surface area (Å²) in [5.41, 5.74) is 1.66. The van der Waals surface area contributed by atoms with Gasteiger partial charge in [-0.3, -0.25) is 9.79 Å². The molecule has 1 aromatic rings. The Morgan fingerprint density at radius 2 is 1.97 bits per heavy atom. The number of anilines is 1. The van der Waals surface area contributed by atoms with Crippen molar-refractivity contribution in [2.24, 2.45) is 10.4 Å². The van der Waals surface area contributed by atoms with Gasteiger partial charge >= 0.3 is 0 Å². The fraction of sp³-hybridized carbons (Fsp3) is 0.619. The van der Waals surface area contributed by atoms with Crippen molar-refractivity contribution in [2.75, 3.05) is 38.1 Å². The van der Waals surface area contributed by atoms with Crippen molar-refractivity contribution in [3.05, 3.63) is 29.6 Å².